The largest absolute Gasteiger partial charge is 0.309 e. The Kier molecular flexibility index (Phi) is 9.99. The van der Waals surface area contributed by atoms with Crippen LogP contribution in [0.1, 0.15) is 73.6 Å². The molecule has 0 N–H and O–H groups in total. The Hall–Kier alpha value is -10.2. The third-order valence-corrected chi connectivity index (χ3v) is 19.9. The molecule has 4 aromatic heterocycles. The number of nitrogens with zero attached hydrogens (tertiary/aromatic N) is 4. The molecule has 84 heavy (non-hydrogen) atoms. The summed E-state index contributed by atoms with van der Waals surface area (Å²) in [7, 11) is 0. The molecule has 12 aromatic carbocycles. The van der Waals surface area contributed by atoms with Gasteiger partial charge < -0.3 is 18.3 Å². The van der Waals surface area contributed by atoms with Gasteiger partial charge in [-0.3, -0.25) is 0 Å². The zero-order chi connectivity index (χ0) is 55.6. The SMILES string of the molecule is CC1c2cc3c4cc(-c5ccc6c(c5)c5ccccc5n6-c5ccccc5)ccc4n(-c4ccccc4)c3c3c2-c2c(cc4c5cc(-c6ccc7c(c6)c6ccccc6n7-c6ccccc6)ccc5n(-c5ccccc5)c4c2C(C)C3C)C1C. The fourth-order valence-corrected chi connectivity index (χ4v) is 15.7. The summed E-state index contributed by atoms with van der Waals surface area (Å²) in [5, 5.41) is 10.3. The fourth-order valence-electron chi connectivity index (χ4n) is 15.7. The van der Waals surface area contributed by atoms with E-state index in [0.717, 1.165) is 0 Å². The smallest absolute Gasteiger partial charge is 0.0582 e. The van der Waals surface area contributed by atoms with E-state index < -0.39 is 0 Å². The monoisotopic (exact) mass is 1070 g/mol. The molecule has 4 heterocycles. The summed E-state index contributed by atoms with van der Waals surface area (Å²) in [6.07, 6.45) is 0. The Balaban J connectivity index is 0.870. The van der Waals surface area contributed by atoms with Gasteiger partial charge in [-0.15, -0.1) is 0 Å². The molecule has 4 nitrogen and oxygen atoms in total. The molecule has 0 aliphatic heterocycles. The number of aromatic nitrogens is 4. The van der Waals surface area contributed by atoms with Crippen LogP contribution in [0.3, 0.4) is 0 Å². The van der Waals surface area contributed by atoms with Gasteiger partial charge in [-0.2, -0.15) is 0 Å². The van der Waals surface area contributed by atoms with Crippen LogP contribution in [-0.4, -0.2) is 18.3 Å². The first-order valence-corrected chi connectivity index (χ1v) is 30.0. The standard InChI is InChI=1S/C80H58N4/c1-47-48(2)62-46-68-66-44-54(52-34-38-72-64(42-52)60-30-18-20-32-70(60)82(72)56-23-11-6-12-24-56)36-40-74(66)84(58-27-15-8-16-28-58)80(68)76-50(4)49(3)75-77(78(62)76)61(47)45-67-65-43-53(35-39-73(65)83(79(67)75)57-25-13-7-14-26-57)51-33-37-71-63(41-51)59-29-17-19-31-69(59)81(71)55-21-9-5-10-22-55/h5-50H,1-4H3. The molecule has 0 radical (unpaired) electrons. The minimum Gasteiger partial charge on any atom is -0.309 e. The summed E-state index contributed by atoms with van der Waals surface area (Å²) >= 11 is 0. The van der Waals surface area contributed by atoms with Gasteiger partial charge in [0.05, 0.1) is 44.1 Å². The number of rotatable bonds is 6. The Bertz CT molecular complexity index is 5080. The van der Waals surface area contributed by atoms with Crippen molar-refractivity contribution in [3.05, 3.63) is 277 Å². The normalized spacial score (nSPS) is 16.6. The van der Waals surface area contributed by atoms with Gasteiger partial charge in [0, 0.05) is 65.8 Å². The van der Waals surface area contributed by atoms with Crippen LogP contribution in [0.25, 0.3) is 143 Å². The van der Waals surface area contributed by atoms with E-state index in [4.69, 9.17) is 0 Å². The molecule has 4 atom stereocenters. The van der Waals surface area contributed by atoms with Crippen molar-refractivity contribution in [3.63, 3.8) is 0 Å². The summed E-state index contributed by atoms with van der Waals surface area (Å²) in [5.74, 6) is 0.971. The summed E-state index contributed by atoms with van der Waals surface area (Å²) in [4.78, 5) is 0. The Labute approximate surface area is 487 Å². The minimum absolute atomic E-state index is 0.201. The van der Waals surface area contributed by atoms with Crippen molar-refractivity contribution in [3.8, 4) is 56.1 Å². The molecule has 0 fully saturated rings. The lowest BCUT2D eigenvalue weighted by Crippen LogP contribution is -2.24. The van der Waals surface area contributed by atoms with Crippen LogP contribution in [0.4, 0.5) is 0 Å². The van der Waals surface area contributed by atoms with Gasteiger partial charge in [0.25, 0.3) is 0 Å². The molecule has 0 spiro atoms. The Morgan fingerprint density at radius 3 is 0.845 bits per heavy atom. The molecule has 0 saturated heterocycles. The molecule has 0 bridgehead atoms. The maximum Gasteiger partial charge on any atom is 0.0582 e. The van der Waals surface area contributed by atoms with E-state index in [1.54, 1.807) is 0 Å². The molecule has 18 rings (SSSR count). The number of benzene rings is 12. The summed E-state index contributed by atoms with van der Waals surface area (Å²) in [6, 6.07) is 95.5. The van der Waals surface area contributed by atoms with Gasteiger partial charge in [0.15, 0.2) is 0 Å². The topological polar surface area (TPSA) is 19.7 Å². The van der Waals surface area contributed by atoms with Crippen molar-refractivity contribution in [2.45, 2.75) is 51.4 Å². The second-order valence-electron chi connectivity index (χ2n) is 24.1. The summed E-state index contributed by atoms with van der Waals surface area (Å²) < 4.78 is 10.0. The van der Waals surface area contributed by atoms with Gasteiger partial charge >= 0.3 is 0 Å². The van der Waals surface area contributed by atoms with Gasteiger partial charge in [-0.05, 0) is 201 Å². The second kappa shape index (κ2) is 17.7. The lowest BCUT2D eigenvalue weighted by molar-refractivity contribution is 0.584. The van der Waals surface area contributed by atoms with Gasteiger partial charge in [-0.1, -0.05) is 161 Å². The lowest BCUT2D eigenvalue weighted by Gasteiger charge is -2.42. The molecule has 0 amide bonds. The van der Waals surface area contributed by atoms with Crippen molar-refractivity contribution >= 4 is 87.2 Å². The van der Waals surface area contributed by atoms with Crippen LogP contribution in [0.5, 0.6) is 0 Å². The van der Waals surface area contributed by atoms with Crippen LogP contribution < -0.4 is 0 Å². The molecule has 2 aliphatic carbocycles. The third kappa shape index (κ3) is 6.48. The zero-order valence-corrected chi connectivity index (χ0v) is 47.3. The maximum absolute atomic E-state index is 2.63. The quantitative estimate of drug-likeness (QED) is 0.158. The van der Waals surface area contributed by atoms with E-state index >= 15 is 0 Å². The van der Waals surface area contributed by atoms with E-state index in [2.05, 4.69) is 301 Å². The van der Waals surface area contributed by atoms with Crippen LogP contribution in [-0.2, 0) is 0 Å². The first kappa shape index (κ1) is 47.5. The predicted molar refractivity (Wildman–Crippen MR) is 354 cm³/mol. The Morgan fingerprint density at radius 1 is 0.226 bits per heavy atom. The lowest BCUT2D eigenvalue weighted by atomic mass is 9.62. The first-order valence-electron chi connectivity index (χ1n) is 30.0. The highest BCUT2D eigenvalue weighted by atomic mass is 15.0. The van der Waals surface area contributed by atoms with Crippen molar-refractivity contribution in [1.29, 1.82) is 0 Å². The van der Waals surface area contributed by atoms with Crippen molar-refractivity contribution in [2.24, 2.45) is 0 Å². The van der Waals surface area contributed by atoms with Gasteiger partial charge in [0.1, 0.15) is 0 Å². The van der Waals surface area contributed by atoms with Crippen LogP contribution >= 0.6 is 0 Å². The van der Waals surface area contributed by atoms with E-state index in [9.17, 15) is 0 Å². The van der Waals surface area contributed by atoms with Crippen LogP contribution in [0.2, 0.25) is 0 Å². The molecule has 16 aromatic rings. The number of hydrogen-bond donors (Lipinski definition) is 0. The number of fused-ring (bicyclic) bond motifs is 14. The zero-order valence-electron chi connectivity index (χ0n) is 47.3. The molecular formula is C80H58N4. The van der Waals surface area contributed by atoms with Crippen LogP contribution in [0, 0.1) is 0 Å². The number of para-hydroxylation sites is 6. The summed E-state index contributed by atoms with van der Waals surface area (Å²) in [5.41, 5.74) is 28.5. The predicted octanol–water partition coefficient (Wildman–Crippen LogP) is 21.5. The van der Waals surface area contributed by atoms with Crippen molar-refractivity contribution < 1.29 is 0 Å². The fraction of sp³-hybridized carbons (Fsp3) is 0.100. The van der Waals surface area contributed by atoms with E-state index in [0.29, 0.717) is 0 Å². The highest BCUT2D eigenvalue weighted by Gasteiger charge is 2.42. The average molecular weight is 1080 g/mol. The van der Waals surface area contributed by atoms with Crippen molar-refractivity contribution in [1.82, 2.24) is 18.3 Å². The molecule has 0 saturated carbocycles. The van der Waals surface area contributed by atoms with E-state index in [-0.39, 0.29) is 23.7 Å². The summed E-state index contributed by atoms with van der Waals surface area (Å²) in [6.45, 7) is 10.1. The number of hydrogen-bond acceptors (Lipinski definition) is 0. The molecule has 2 aliphatic rings. The highest BCUT2D eigenvalue weighted by Crippen LogP contribution is 2.62. The molecule has 4 unspecified atom stereocenters. The minimum atomic E-state index is 0.201. The molecular weight excluding hydrogens is 1020 g/mol. The van der Waals surface area contributed by atoms with Crippen molar-refractivity contribution in [2.75, 3.05) is 0 Å². The van der Waals surface area contributed by atoms with E-state index in [1.807, 2.05) is 0 Å². The second-order valence-corrected chi connectivity index (χ2v) is 24.1. The Morgan fingerprint density at radius 2 is 0.500 bits per heavy atom. The maximum atomic E-state index is 2.63. The molecule has 4 heteroatoms. The van der Waals surface area contributed by atoms with E-state index in [1.165, 1.54) is 166 Å². The average Bonchev–Trinajstić information content (AvgIpc) is 1.37. The van der Waals surface area contributed by atoms with Gasteiger partial charge in [-0.25, -0.2) is 0 Å². The highest BCUT2D eigenvalue weighted by molar-refractivity contribution is 6.19. The molecule has 398 valence electrons. The third-order valence-electron chi connectivity index (χ3n) is 19.9. The van der Waals surface area contributed by atoms with Crippen LogP contribution in [0.15, 0.2) is 255 Å². The first-order chi connectivity index (χ1) is 41.4. The van der Waals surface area contributed by atoms with Gasteiger partial charge in [0.2, 0.25) is 0 Å².